The van der Waals surface area contributed by atoms with Gasteiger partial charge in [0.25, 0.3) is 0 Å². The molecule has 5 aromatic carbocycles. The number of hydrogen-bond donors (Lipinski definition) is 0. The number of rotatable bonds is 4. The normalized spacial score (nSPS) is 15.6. The molecule has 0 bridgehead atoms. The highest BCUT2D eigenvalue weighted by atomic mass is 31.2. The van der Waals surface area contributed by atoms with E-state index in [1.54, 1.807) is 0 Å². The SMILES string of the molecule is O=[P@]1(c2ccccc2)c2ccccc2Oc2ccc(-c3cc(-c4ccccc4)nc(-c4ccccc4)n3)cc21. The highest BCUT2D eigenvalue weighted by Gasteiger charge is 2.39. The summed E-state index contributed by atoms with van der Waals surface area (Å²) in [6, 6.07) is 45.2. The van der Waals surface area contributed by atoms with Crippen LogP contribution in [0.25, 0.3) is 33.9 Å². The van der Waals surface area contributed by atoms with Crippen LogP contribution in [-0.4, -0.2) is 9.97 Å². The largest absolute Gasteiger partial charge is 0.456 e. The molecular weight excluding hydrogens is 499 g/mol. The summed E-state index contributed by atoms with van der Waals surface area (Å²) >= 11 is 0. The molecule has 1 aromatic heterocycles. The molecule has 5 heteroatoms. The summed E-state index contributed by atoms with van der Waals surface area (Å²) in [6.07, 6.45) is 0. The highest BCUT2D eigenvalue weighted by molar-refractivity contribution is 7.85. The minimum absolute atomic E-state index is 0.602. The van der Waals surface area contributed by atoms with E-state index < -0.39 is 7.14 Å². The number of fused-ring (bicyclic) bond motifs is 2. The molecule has 0 unspecified atom stereocenters. The van der Waals surface area contributed by atoms with E-state index >= 15 is 4.57 Å². The minimum atomic E-state index is -3.20. The highest BCUT2D eigenvalue weighted by Crippen LogP contribution is 2.52. The average molecular weight is 523 g/mol. The van der Waals surface area contributed by atoms with Gasteiger partial charge in [-0.15, -0.1) is 0 Å². The molecule has 7 rings (SSSR count). The maximum atomic E-state index is 15.1. The van der Waals surface area contributed by atoms with Crippen LogP contribution in [0.4, 0.5) is 0 Å². The molecule has 186 valence electrons. The van der Waals surface area contributed by atoms with Gasteiger partial charge in [-0.25, -0.2) is 9.97 Å². The molecule has 0 radical (unpaired) electrons. The van der Waals surface area contributed by atoms with Gasteiger partial charge in [-0.3, -0.25) is 0 Å². The molecule has 0 saturated carbocycles. The van der Waals surface area contributed by atoms with Crippen LogP contribution in [0.1, 0.15) is 0 Å². The van der Waals surface area contributed by atoms with Crippen molar-refractivity contribution >= 4 is 23.1 Å². The molecule has 0 aliphatic carbocycles. The van der Waals surface area contributed by atoms with Gasteiger partial charge < -0.3 is 9.30 Å². The molecule has 0 amide bonds. The lowest BCUT2D eigenvalue weighted by atomic mass is 10.1. The Kier molecular flexibility index (Phi) is 5.69. The Balaban J connectivity index is 1.45. The summed E-state index contributed by atoms with van der Waals surface area (Å²) in [5.41, 5.74) is 4.36. The van der Waals surface area contributed by atoms with Crippen LogP contribution in [0, 0.1) is 0 Å². The first kappa shape index (κ1) is 23.3. The standard InChI is InChI=1S/C34H23N2O2P/c37-39(27-16-8-3-9-17-27)32-19-11-10-18-30(32)38-31-21-20-26(22-33(31)39)29-23-28(24-12-4-1-5-13-24)35-34(36-29)25-14-6-2-7-15-25/h1-23H/t39-/m1/s1. The zero-order valence-electron chi connectivity index (χ0n) is 20.9. The van der Waals surface area contributed by atoms with E-state index in [9.17, 15) is 0 Å². The van der Waals surface area contributed by atoms with Crippen molar-refractivity contribution in [3.05, 3.63) is 140 Å². The summed E-state index contributed by atoms with van der Waals surface area (Å²) in [4.78, 5) is 9.87. The van der Waals surface area contributed by atoms with E-state index in [1.807, 2.05) is 140 Å². The van der Waals surface area contributed by atoms with Gasteiger partial charge in [0.05, 0.1) is 22.0 Å². The predicted molar refractivity (Wildman–Crippen MR) is 158 cm³/mol. The molecule has 2 heterocycles. The van der Waals surface area contributed by atoms with Crippen LogP contribution in [0.5, 0.6) is 11.5 Å². The monoisotopic (exact) mass is 522 g/mol. The van der Waals surface area contributed by atoms with Crippen LogP contribution in [0.2, 0.25) is 0 Å². The first-order chi connectivity index (χ1) is 19.2. The van der Waals surface area contributed by atoms with Gasteiger partial charge in [-0.1, -0.05) is 103 Å². The van der Waals surface area contributed by atoms with Gasteiger partial charge in [0.15, 0.2) is 13.0 Å². The van der Waals surface area contributed by atoms with Crippen molar-refractivity contribution in [3.63, 3.8) is 0 Å². The van der Waals surface area contributed by atoms with Crippen molar-refractivity contribution in [1.29, 1.82) is 0 Å². The smallest absolute Gasteiger partial charge is 0.178 e. The van der Waals surface area contributed by atoms with Crippen LogP contribution < -0.4 is 20.7 Å². The maximum Gasteiger partial charge on any atom is 0.178 e. The molecule has 1 atom stereocenters. The number of para-hydroxylation sites is 1. The van der Waals surface area contributed by atoms with Gasteiger partial charge in [-0.2, -0.15) is 0 Å². The predicted octanol–water partition coefficient (Wildman–Crippen LogP) is 7.22. The minimum Gasteiger partial charge on any atom is -0.456 e. The van der Waals surface area contributed by atoms with E-state index in [2.05, 4.69) is 0 Å². The Morgan fingerprint density at radius 1 is 0.487 bits per heavy atom. The Hall–Kier alpha value is -4.79. The first-order valence-corrected chi connectivity index (χ1v) is 14.5. The van der Waals surface area contributed by atoms with Gasteiger partial charge in [-0.05, 0) is 36.4 Å². The molecule has 39 heavy (non-hydrogen) atoms. The Bertz CT molecular complexity index is 1800. The summed E-state index contributed by atoms with van der Waals surface area (Å²) in [6.45, 7) is 0. The van der Waals surface area contributed by atoms with Crippen LogP contribution in [0.15, 0.2) is 140 Å². The molecule has 0 fully saturated rings. The lowest BCUT2D eigenvalue weighted by Crippen LogP contribution is -2.30. The number of aromatic nitrogens is 2. The van der Waals surface area contributed by atoms with E-state index in [4.69, 9.17) is 14.7 Å². The second kappa shape index (κ2) is 9.50. The number of hydrogen-bond acceptors (Lipinski definition) is 4. The van der Waals surface area contributed by atoms with Crippen molar-refractivity contribution < 1.29 is 9.30 Å². The first-order valence-electron chi connectivity index (χ1n) is 12.8. The lowest BCUT2D eigenvalue weighted by molar-refractivity contribution is 0.485. The van der Waals surface area contributed by atoms with E-state index in [1.165, 1.54) is 0 Å². The van der Waals surface area contributed by atoms with Crippen molar-refractivity contribution in [1.82, 2.24) is 9.97 Å². The molecule has 4 nitrogen and oxygen atoms in total. The third kappa shape index (κ3) is 4.06. The summed E-state index contributed by atoms with van der Waals surface area (Å²) in [5.74, 6) is 1.87. The average Bonchev–Trinajstić information content (AvgIpc) is 3.02. The zero-order valence-corrected chi connectivity index (χ0v) is 21.8. The molecule has 0 N–H and O–H groups in total. The van der Waals surface area contributed by atoms with Crippen molar-refractivity contribution in [3.8, 4) is 45.4 Å². The Morgan fingerprint density at radius 2 is 1.05 bits per heavy atom. The van der Waals surface area contributed by atoms with Crippen LogP contribution in [-0.2, 0) is 4.57 Å². The van der Waals surface area contributed by atoms with Crippen molar-refractivity contribution in [2.24, 2.45) is 0 Å². The van der Waals surface area contributed by atoms with Crippen molar-refractivity contribution in [2.45, 2.75) is 0 Å². The maximum absolute atomic E-state index is 15.1. The fourth-order valence-corrected chi connectivity index (χ4v) is 7.93. The molecule has 1 aliphatic rings. The van der Waals surface area contributed by atoms with Gasteiger partial charge in [0, 0.05) is 22.0 Å². The van der Waals surface area contributed by atoms with Gasteiger partial charge in [0.1, 0.15) is 11.5 Å². The van der Waals surface area contributed by atoms with Crippen LogP contribution in [0.3, 0.4) is 0 Å². The Labute approximate surface area is 227 Å². The van der Waals surface area contributed by atoms with Crippen LogP contribution >= 0.6 is 7.14 Å². The van der Waals surface area contributed by atoms with E-state index in [-0.39, 0.29) is 0 Å². The third-order valence-corrected chi connectivity index (χ3v) is 10.1. The fraction of sp³-hybridized carbons (Fsp3) is 0. The summed E-state index contributed by atoms with van der Waals surface area (Å²) < 4.78 is 21.4. The van der Waals surface area contributed by atoms with Crippen molar-refractivity contribution in [2.75, 3.05) is 0 Å². The van der Waals surface area contributed by atoms with E-state index in [0.717, 1.165) is 33.4 Å². The number of ether oxygens (including phenoxy) is 1. The zero-order chi connectivity index (χ0) is 26.2. The topological polar surface area (TPSA) is 52.1 Å². The number of nitrogens with zero attached hydrogens (tertiary/aromatic N) is 2. The number of benzene rings is 5. The third-order valence-electron chi connectivity index (χ3n) is 6.97. The molecular formula is C34H23N2O2P. The fourth-order valence-electron chi connectivity index (χ4n) is 5.05. The van der Waals surface area contributed by atoms with Gasteiger partial charge in [0.2, 0.25) is 0 Å². The van der Waals surface area contributed by atoms with E-state index in [0.29, 0.717) is 27.9 Å². The molecule has 0 saturated heterocycles. The summed E-state index contributed by atoms with van der Waals surface area (Å²) in [7, 11) is -3.20. The Morgan fingerprint density at radius 3 is 1.77 bits per heavy atom. The molecule has 1 aliphatic heterocycles. The second-order valence-corrected chi connectivity index (χ2v) is 12.1. The molecule has 6 aromatic rings. The lowest BCUT2D eigenvalue weighted by Gasteiger charge is -2.29. The quantitative estimate of drug-likeness (QED) is 0.229. The molecule has 0 spiro atoms. The van der Waals surface area contributed by atoms with Gasteiger partial charge >= 0.3 is 0 Å². The second-order valence-electron chi connectivity index (χ2n) is 9.39. The summed E-state index contributed by atoms with van der Waals surface area (Å²) in [5, 5.41) is 2.15.